The van der Waals surface area contributed by atoms with Gasteiger partial charge in [-0.05, 0) is 31.5 Å². The Morgan fingerprint density at radius 2 is 2.04 bits per heavy atom. The predicted octanol–water partition coefficient (Wildman–Crippen LogP) is 1.43. The molecule has 0 bridgehead atoms. The second-order valence-electron chi connectivity index (χ2n) is 6.32. The van der Waals surface area contributed by atoms with E-state index in [9.17, 15) is 9.59 Å². The standard InChI is InChI=1S/C18H25N3O4.ClH/c22-17(12-14-4-3-7-19-14)20-15-5-1-2-6-16(15)25-13-18(23)21-8-10-24-11-9-21;/h1-2,5-6,14,19H,3-4,7-13H2,(H,20,22);1H. The topological polar surface area (TPSA) is 79.9 Å². The molecule has 1 atom stereocenters. The maximum Gasteiger partial charge on any atom is 0.260 e. The lowest BCUT2D eigenvalue weighted by Crippen LogP contribution is -2.43. The molecule has 0 saturated carbocycles. The molecule has 1 aromatic rings. The van der Waals surface area contributed by atoms with Crippen LogP contribution in [0.3, 0.4) is 0 Å². The minimum atomic E-state index is -0.0698. The largest absolute Gasteiger partial charge is 0.482 e. The van der Waals surface area contributed by atoms with Crippen molar-refractivity contribution in [1.82, 2.24) is 10.2 Å². The Morgan fingerprint density at radius 3 is 2.77 bits per heavy atom. The molecule has 8 heteroatoms. The van der Waals surface area contributed by atoms with Crippen LogP contribution in [0.25, 0.3) is 0 Å². The Kier molecular flexibility index (Phi) is 8.15. The van der Waals surface area contributed by atoms with Crippen molar-refractivity contribution in [2.24, 2.45) is 0 Å². The summed E-state index contributed by atoms with van der Waals surface area (Å²) in [4.78, 5) is 26.1. The third kappa shape index (κ3) is 5.86. The Bertz CT molecular complexity index is 602. The zero-order valence-electron chi connectivity index (χ0n) is 14.7. The Balaban J connectivity index is 0.00000243. The molecule has 0 radical (unpaired) electrons. The highest BCUT2D eigenvalue weighted by Crippen LogP contribution is 2.24. The number of carbonyl (C=O) groups excluding carboxylic acids is 2. The number of rotatable bonds is 6. The molecule has 144 valence electrons. The number of anilines is 1. The molecule has 2 fully saturated rings. The minimum absolute atomic E-state index is 0. The lowest BCUT2D eigenvalue weighted by atomic mass is 10.1. The predicted molar refractivity (Wildman–Crippen MR) is 101 cm³/mol. The summed E-state index contributed by atoms with van der Waals surface area (Å²) in [5.74, 6) is 0.395. The minimum Gasteiger partial charge on any atom is -0.482 e. The Hall–Kier alpha value is -1.83. The summed E-state index contributed by atoms with van der Waals surface area (Å²) in [6, 6.07) is 7.45. The van der Waals surface area contributed by atoms with Gasteiger partial charge in [-0.3, -0.25) is 9.59 Å². The lowest BCUT2D eigenvalue weighted by Gasteiger charge is -2.26. The zero-order chi connectivity index (χ0) is 17.5. The zero-order valence-corrected chi connectivity index (χ0v) is 15.6. The molecule has 2 aliphatic heterocycles. The van der Waals surface area contributed by atoms with Gasteiger partial charge in [0.25, 0.3) is 5.91 Å². The SMILES string of the molecule is Cl.O=C(CC1CCCN1)Nc1ccccc1OCC(=O)N1CCOCC1. The number of morpholine rings is 1. The number of hydrogen-bond acceptors (Lipinski definition) is 5. The number of nitrogens with zero attached hydrogens (tertiary/aromatic N) is 1. The van der Waals surface area contributed by atoms with E-state index in [4.69, 9.17) is 9.47 Å². The van der Waals surface area contributed by atoms with Crippen LogP contribution in [-0.2, 0) is 14.3 Å². The van der Waals surface area contributed by atoms with Gasteiger partial charge in [-0.2, -0.15) is 0 Å². The number of para-hydroxylation sites is 2. The van der Waals surface area contributed by atoms with E-state index in [-0.39, 0.29) is 36.9 Å². The molecule has 1 unspecified atom stereocenters. The molecular weight excluding hydrogens is 358 g/mol. The van der Waals surface area contributed by atoms with Gasteiger partial charge in [0, 0.05) is 25.6 Å². The van der Waals surface area contributed by atoms with E-state index in [2.05, 4.69) is 10.6 Å². The molecule has 26 heavy (non-hydrogen) atoms. The number of ether oxygens (including phenoxy) is 2. The van der Waals surface area contributed by atoms with Gasteiger partial charge in [-0.25, -0.2) is 0 Å². The van der Waals surface area contributed by atoms with Crippen LogP contribution in [0.5, 0.6) is 5.75 Å². The highest BCUT2D eigenvalue weighted by molar-refractivity contribution is 5.92. The quantitative estimate of drug-likeness (QED) is 0.776. The summed E-state index contributed by atoms with van der Waals surface area (Å²) >= 11 is 0. The normalized spacial score (nSPS) is 19.5. The van der Waals surface area contributed by atoms with Gasteiger partial charge in [0.05, 0.1) is 18.9 Å². The molecule has 2 heterocycles. The first-order chi connectivity index (χ1) is 12.2. The second-order valence-corrected chi connectivity index (χ2v) is 6.32. The molecule has 0 aliphatic carbocycles. The molecule has 2 amide bonds. The van der Waals surface area contributed by atoms with Crippen LogP contribution in [0, 0.1) is 0 Å². The van der Waals surface area contributed by atoms with Crippen molar-refractivity contribution in [2.75, 3.05) is 44.8 Å². The number of benzene rings is 1. The van der Waals surface area contributed by atoms with Crippen molar-refractivity contribution < 1.29 is 19.1 Å². The number of halogens is 1. The van der Waals surface area contributed by atoms with E-state index in [0.29, 0.717) is 44.2 Å². The van der Waals surface area contributed by atoms with E-state index in [1.807, 2.05) is 12.1 Å². The van der Waals surface area contributed by atoms with Gasteiger partial charge < -0.3 is 25.0 Å². The first kappa shape index (κ1) is 20.5. The van der Waals surface area contributed by atoms with E-state index in [0.717, 1.165) is 19.4 Å². The molecule has 0 aromatic heterocycles. The first-order valence-corrected chi connectivity index (χ1v) is 8.83. The van der Waals surface area contributed by atoms with Crippen molar-refractivity contribution in [3.63, 3.8) is 0 Å². The molecular formula is C18H26ClN3O4. The van der Waals surface area contributed by atoms with Crippen molar-refractivity contribution in [3.8, 4) is 5.75 Å². The number of nitrogens with one attached hydrogen (secondary N) is 2. The number of carbonyl (C=O) groups is 2. The maximum absolute atomic E-state index is 12.2. The van der Waals surface area contributed by atoms with Gasteiger partial charge in [0.1, 0.15) is 5.75 Å². The van der Waals surface area contributed by atoms with Crippen molar-refractivity contribution in [2.45, 2.75) is 25.3 Å². The fourth-order valence-corrected chi connectivity index (χ4v) is 3.10. The molecule has 2 saturated heterocycles. The summed E-state index contributed by atoms with van der Waals surface area (Å²) in [6.45, 7) is 3.24. The first-order valence-electron chi connectivity index (χ1n) is 8.83. The fraction of sp³-hybridized carbons (Fsp3) is 0.556. The maximum atomic E-state index is 12.2. The lowest BCUT2D eigenvalue weighted by molar-refractivity contribution is -0.137. The molecule has 3 rings (SSSR count). The molecule has 1 aromatic carbocycles. The molecule has 2 aliphatic rings. The van der Waals surface area contributed by atoms with Crippen LogP contribution >= 0.6 is 12.4 Å². The molecule has 0 spiro atoms. The fourth-order valence-electron chi connectivity index (χ4n) is 3.10. The van der Waals surface area contributed by atoms with Crippen LogP contribution in [0.15, 0.2) is 24.3 Å². The highest BCUT2D eigenvalue weighted by atomic mass is 35.5. The average molecular weight is 384 g/mol. The third-order valence-electron chi connectivity index (χ3n) is 4.47. The van der Waals surface area contributed by atoms with Crippen LogP contribution in [-0.4, -0.2) is 62.2 Å². The smallest absolute Gasteiger partial charge is 0.260 e. The summed E-state index contributed by atoms with van der Waals surface area (Å²) in [5.41, 5.74) is 0.597. The van der Waals surface area contributed by atoms with Gasteiger partial charge >= 0.3 is 0 Å². The van der Waals surface area contributed by atoms with E-state index in [1.54, 1.807) is 17.0 Å². The number of amides is 2. The van der Waals surface area contributed by atoms with Gasteiger partial charge in [-0.1, -0.05) is 12.1 Å². The van der Waals surface area contributed by atoms with Crippen LogP contribution in [0.2, 0.25) is 0 Å². The van der Waals surface area contributed by atoms with E-state index < -0.39 is 0 Å². The second kappa shape index (κ2) is 10.4. The van der Waals surface area contributed by atoms with Crippen molar-refractivity contribution in [3.05, 3.63) is 24.3 Å². The monoisotopic (exact) mass is 383 g/mol. The summed E-state index contributed by atoms with van der Waals surface area (Å²) in [7, 11) is 0. The van der Waals surface area contributed by atoms with E-state index >= 15 is 0 Å². The highest BCUT2D eigenvalue weighted by Gasteiger charge is 2.20. The Labute approximate surface area is 159 Å². The average Bonchev–Trinajstić information content (AvgIpc) is 3.14. The molecule has 7 nitrogen and oxygen atoms in total. The van der Waals surface area contributed by atoms with Crippen molar-refractivity contribution >= 4 is 29.9 Å². The summed E-state index contributed by atoms with van der Waals surface area (Å²) < 4.78 is 10.9. The van der Waals surface area contributed by atoms with Crippen LogP contribution < -0.4 is 15.4 Å². The van der Waals surface area contributed by atoms with Crippen LogP contribution in [0.1, 0.15) is 19.3 Å². The van der Waals surface area contributed by atoms with Gasteiger partial charge in [-0.15, -0.1) is 12.4 Å². The Morgan fingerprint density at radius 1 is 1.27 bits per heavy atom. The van der Waals surface area contributed by atoms with Crippen molar-refractivity contribution in [1.29, 1.82) is 0 Å². The van der Waals surface area contributed by atoms with Gasteiger partial charge in [0.15, 0.2) is 6.61 Å². The summed E-state index contributed by atoms with van der Waals surface area (Å²) in [5, 5.41) is 6.20. The number of hydrogen-bond donors (Lipinski definition) is 2. The third-order valence-corrected chi connectivity index (χ3v) is 4.47. The van der Waals surface area contributed by atoms with Gasteiger partial charge in [0.2, 0.25) is 5.91 Å². The van der Waals surface area contributed by atoms with E-state index in [1.165, 1.54) is 0 Å². The molecule has 2 N–H and O–H groups in total. The summed E-state index contributed by atoms with van der Waals surface area (Å²) in [6.07, 6.45) is 2.59. The van der Waals surface area contributed by atoms with Crippen LogP contribution in [0.4, 0.5) is 5.69 Å².